The van der Waals surface area contributed by atoms with Crippen LogP contribution in [0.3, 0.4) is 0 Å². The lowest BCUT2D eigenvalue weighted by atomic mass is 9.91. The van der Waals surface area contributed by atoms with Gasteiger partial charge in [0.25, 0.3) is 5.91 Å². The number of hydrogen-bond acceptors (Lipinski definition) is 2. The van der Waals surface area contributed by atoms with Crippen LogP contribution in [0, 0.1) is 0 Å². The molecule has 3 nitrogen and oxygen atoms in total. The summed E-state index contributed by atoms with van der Waals surface area (Å²) in [6.45, 7) is 0.711. The minimum absolute atomic E-state index is 0.00302. The predicted molar refractivity (Wildman–Crippen MR) is 70.7 cm³/mol. The molecule has 0 spiro atoms. The summed E-state index contributed by atoms with van der Waals surface area (Å²) in [6, 6.07) is 6.29. The Hall–Kier alpha value is -1.35. The summed E-state index contributed by atoms with van der Waals surface area (Å²) in [5, 5.41) is 2.97. The molecule has 1 aromatic rings. The maximum Gasteiger partial charge on any atom is 0.253 e. The minimum Gasteiger partial charge on any atom is -0.368 e. The van der Waals surface area contributed by atoms with Gasteiger partial charge in [-0.1, -0.05) is 6.07 Å². The first-order valence-corrected chi connectivity index (χ1v) is 6.87. The quantitative estimate of drug-likeness (QED) is 0.870. The molecular formula is C15H19NO2. The van der Waals surface area contributed by atoms with Crippen molar-refractivity contribution in [2.45, 2.75) is 44.6 Å². The Balaban J connectivity index is 1.70. The van der Waals surface area contributed by atoms with Gasteiger partial charge < -0.3 is 10.1 Å². The van der Waals surface area contributed by atoms with Gasteiger partial charge in [0, 0.05) is 12.3 Å². The summed E-state index contributed by atoms with van der Waals surface area (Å²) in [7, 11) is 0. The van der Waals surface area contributed by atoms with Gasteiger partial charge in [-0.3, -0.25) is 4.79 Å². The molecule has 3 rings (SSSR count). The fourth-order valence-electron chi connectivity index (χ4n) is 2.82. The highest BCUT2D eigenvalue weighted by molar-refractivity contribution is 5.94. The summed E-state index contributed by atoms with van der Waals surface area (Å²) in [6.07, 6.45) is 6.44. The summed E-state index contributed by atoms with van der Waals surface area (Å²) < 4.78 is 5.39. The first-order valence-electron chi connectivity index (χ1n) is 6.87. The number of benzene rings is 1. The second-order valence-corrected chi connectivity index (χ2v) is 5.18. The molecule has 1 heterocycles. The number of hydrogen-bond donors (Lipinski definition) is 1. The number of fused-ring (bicyclic) bond motifs is 1. The van der Waals surface area contributed by atoms with Gasteiger partial charge in [0.05, 0.1) is 0 Å². The topological polar surface area (TPSA) is 38.3 Å². The smallest absolute Gasteiger partial charge is 0.253 e. The van der Waals surface area contributed by atoms with Crippen LogP contribution in [-0.2, 0) is 22.4 Å². The molecular weight excluding hydrogens is 226 g/mol. The van der Waals surface area contributed by atoms with Crippen molar-refractivity contribution in [3.63, 3.8) is 0 Å². The second-order valence-electron chi connectivity index (χ2n) is 5.18. The van der Waals surface area contributed by atoms with Crippen LogP contribution in [0.1, 0.15) is 36.8 Å². The molecule has 1 aliphatic heterocycles. The van der Waals surface area contributed by atoms with Gasteiger partial charge >= 0.3 is 0 Å². The van der Waals surface area contributed by atoms with E-state index in [1.54, 1.807) is 0 Å². The van der Waals surface area contributed by atoms with E-state index in [0.717, 1.165) is 24.9 Å². The van der Waals surface area contributed by atoms with Crippen LogP contribution < -0.4 is 5.32 Å². The molecule has 1 aromatic carbocycles. The lowest BCUT2D eigenvalue weighted by molar-refractivity contribution is -0.124. The Bertz CT molecular complexity index is 450. The van der Waals surface area contributed by atoms with Crippen LogP contribution in [-0.4, -0.2) is 18.6 Å². The molecule has 0 aromatic heterocycles. The Labute approximate surface area is 108 Å². The molecule has 0 bridgehead atoms. The third-order valence-electron chi connectivity index (χ3n) is 3.84. The molecule has 1 amide bonds. The molecule has 96 valence electrons. The van der Waals surface area contributed by atoms with E-state index >= 15 is 0 Å². The number of rotatable bonds is 2. The fraction of sp³-hybridized carbons (Fsp3) is 0.533. The van der Waals surface area contributed by atoms with Crippen molar-refractivity contribution in [2.24, 2.45) is 0 Å². The van der Waals surface area contributed by atoms with Crippen molar-refractivity contribution in [2.75, 3.05) is 11.9 Å². The number of anilines is 1. The third-order valence-corrected chi connectivity index (χ3v) is 3.84. The van der Waals surface area contributed by atoms with E-state index < -0.39 is 0 Å². The lowest BCUT2D eigenvalue weighted by Crippen LogP contribution is -2.26. The van der Waals surface area contributed by atoms with Gasteiger partial charge in [0.15, 0.2) is 0 Å². The highest BCUT2D eigenvalue weighted by atomic mass is 16.5. The number of nitrogens with one attached hydrogen (secondary N) is 1. The summed E-state index contributed by atoms with van der Waals surface area (Å²) in [5.74, 6) is 0.00302. The SMILES string of the molecule is O=C(Nc1ccc2c(c1)CCCC2)C1CCCO1. The van der Waals surface area contributed by atoms with Crippen molar-refractivity contribution in [1.82, 2.24) is 0 Å². The van der Waals surface area contributed by atoms with Crippen LogP contribution in [0.4, 0.5) is 5.69 Å². The first-order chi connectivity index (χ1) is 8.83. The maximum atomic E-state index is 11.9. The van der Waals surface area contributed by atoms with E-state index in [1.807, 2.05) is 6.07 Å². The number of carbonyl (C=O) groups excluding carboxylic acids is 1. The molecule has 3 heteroatoms. The summed E-state index contributed by atoms with van der Waals surface area (Å²) in [5.41, 5.74) is 3.75. The molecule has 18 heavy (non-hydrogen) atoms. The van der Waals surface area contributed by atoms with Gasteiger partial charge in [-0.2, -0.15) is 0 Å². The first kappa shape index (κ1) is 11.7. The maximum absolute atomic E-state index is 11.9. The van der Waals surface area contributed by atoms with E-state index in [1.165, 1.54) is 30.4 Å². The Morgan fingerprint density at radius 3 is 2.78 bits per heavy atom. The fourth-order valence-corrected chi connectivity index (χ4v) is 2.82. The van der Waals surface area contributed by atoms with Gasteiger partial charge in [0.1, 0.15) is 6.10 Å². The standard InChI is InChI=1S/C15H19NO2/c17-15(14-6-3-9-18-14)16-13-8-7-11-4-1-2-5-12(11)10-13/h7-8,10,14H,1-6,9H2,(H,16,17). The van der Waals surface area contributed by atoms with E-state index in [4.69, 9.17) is 4.74 Å². The van der Waals surface area contributed by atoms with Crippen LogP contribution in [0.25, 0.3) is 0 Å². The second kappa shape index (κ2) is 5.11. The summed E-state index contributed by atoms with van der Waals surface area (Å²) in [4.78, 5) is 11.9. The van der Waals surface area contributed by atoms with Crippen molar-refractivity contribution in [3.05, 3.63) is 29.3 Å². The van der Waals surface area contributed by atoms with Crippen molar-refractivity contribution >= 4 is 11.6 Å². The van der Waals surface area contributed by atoms with Crippen molar-refractivity contribution in [1.29, 1.82) is 0 Å². The van der Waals surface area contributed by atoms with Gasteiger partial charge in [0.2, 0.25) is 0 Å². The Morgan fingerprint density at radius 1 is 1.17 bits per heavy atom. The van der Waals surface area contributed by atoms with Crippen LogP contribution >= 0.6 is 0 Å². The average Bonchev–Trinajstić information content (AvgIpc) is 2.92. The number of ether oxygens (including phenoxy) is 1. The Kier molecular flexibility index (Phi) is 3.33. The van der Waals surface area contributed by atoms with E-state index in [0.29, 0.717) is 6.61 Å². The molecule has 2 aliphatic rings. The van der Waals surface area contributed by atoms with Crippen LogP contribution in [0.15, 0.2) is 18.2 Å². The zero-order chi connectivity index (χ0) is 12.4. The molecule has 0 radical (unpaired) electrons. The highest BCUT2D eigenvalue weighted by Gasteiger charge is 2.23. The number of aryl methyl sites for hydroxylation is 2. The predicted octanol–water partition coefficient (Wildman–Crippen LogP) is 2.68. The molecule has 1 fully saturated rings. The van der Waals surface area contributed by atoms with E-state index in [2.05, 4.69) is 17.4 Å². The van der Waals surface area contributed by atoms with Crippen LogP contribution in [0.2, 0.25) is 0 Å². The minimum atomic E-state index is -0.249. The molecule has 1 aliphatic carbocycles. The lowest BCUT2D eigenvalue weighted by Gasteiger charge is -2.17. The highest BCUT2D eigenvalue weighted by Crippen LogP contribution is 2.24. The zero-order valence-corrected chi connectivity index (χ0v) is 10.6. The third kappa shape index (κ3) is 2.41. The molecule has 1 atom stereocenters. The van der Waals surface area contributed by atoms with Gasteiger partial charge in [-0.25, -0.2) is 0 Å². The summed E-state index contributed by atoms with van der Waals surface area (Å²) >= 11 is 0. The molecule has 1 saturated heterocycles. The monoisotopic (exact) mass is 245 g/mol. The zero-order valence-electron chi connectivity index (χ0n) is 10.6. The molecule has 1 unspecified atom stereocenters. The molecule has 0 saturated carbocycles. The Morgan fingerprint density at radius 2 is 2.00 bits per heavy atom. The number of amides is 1. The van der Waals surface area contributed by atoms with Gasteiger partial charge in [-0.15, -0.1) is 0 Å². The van der Waals surface area contributed by atoms with Crippen molar-refractivity contribution < 1.29 is 9.53 Å². The van der Waals surface area contributed by atoms with E-state index in [9.17, 15) is 4.79 Å². The number of carbonyl (C=O) groups is 1. The van der Waals surface area contributed by atoms with Crippen molar-refractivity contribution in [3.8, 4) is 0 Å². The normalized spacial score (nSPS) is 22.6. The molecule has 1 N–H and O–H groups in total. The van der Waals surface area contributed by atoms with E-state index in [-0.39, 0.29) is 12.0 Å². The largest absolute Gasteiger partial charge is 0.368 e. The average molecular weight is 245 g/mol. The van der Waals surface area contributed by atoms with Gasteiger partial charge in [-0.05, 0) is 61.8 Å². The van der Waals surface area contributed by atoms with Crippen LogP contribution in [0.5, 0.6) is 0 Å².